The van der Waals surface area contributed by atoms with Crippen LogP contribution in [-0.2, 0) is 0 Å². The van der Waals surface area contributed by atoms with Gasteiger partial charge in [-0.15, -0.1) is 11.6 Å². The molecule has 0 aliphatic rings. The van der Waals surface area contributed by atoms with Crippen LogP contribution in [0, 0.1) is 0 Å². The van der Waals surface area contributed by atoms with Crippen molar-refractivity contribution in [1.29, 1.82) is 0 Å². The number of hydrogen-bond acceptors (Lipinski definition) is 4. The molecular weight excluding hydrogens is 244 g/mol. The van der Waals surface area contributed by atoms with Crippen LogP contribution >= 0.6 is 11.6 Å². The van der Waals surface area contributed by atoms with E-state index >= 15 is 0 Å². The topological polar surface area (TPSA) is 44.8 Å². The molecule has 0 bridgehead atoms. The lowest BCUT2D eigenvalue weighted by Crippen LogP contribution is -2.11. The second-order valence-corrected chi connectivity index (χ2v) is 4.05. The van der Waals surface area contributed by atoms with Gasteiger partial charge in [0.2, 0.25) is 5.75 Å². The zero-order valence-corrected chi connectivity index (χ0v) is 11.0. The van der Waals surface area contributed by atoms with Gasteiger partial charge in [-0.3, -0.25) is 4.79 Å². The van der Waals surface area contributed by atoms with E-state index in [-0.39, 0.29) is 5.78 Å². The standard InChI is InChI=1S/C12H15ClO4/c1-7(13)11(14)8-5-9(15-2)12(17-4)10(6-8)16-3/h5-7H,1-4H3. The summed E-state index contributed by atoms with van der Waals surface area (Å²) in [6.07, 6.45) is 0. The van der Waals surface area contributed by atoms with Gasteiger partial charge in [-0.05, 0) is 19.1 Å². The largest absolute Gasteiger partial charge is 0.493 e. The van der Waals surface area contributed by atoms with Gasteiger partial charge in [0.15, 0.2) is 17.3 Å². The van der Waals surface area contributed by atoms with E-state index in [4.69, 9.17) is 25.8 Å². The minimum Gasteiger partial charge on any atom is -0.493 e. The molecule has 0 aromatic heterocycles. The molecule has 0 aliphatic carbocycles. The summed E-state index contributed by atoms with van der Waals surface area (Å²) < 4.78 is 15.5. The molecule has 0 heterocycles. The van der Waals surface area contributed by atoms with Crippen LogP contribution < -0.4 is 14.2 Å². The highest BCUT2D eigenvalue weighted by Crippen LogP contribution is 2.38. The molecule has 0 N–H and O–H groups in total. The molecule has 0 aliphatic heterocycles. The van der Waals surface area contributed by atoms with Crippen molar-refractivity contribution in [3.05, 3.63) is 17.7 Å². The number of alkyl halides is 1. The molecule has 5 heteroatoms. The highest BCUT2D eigenvalue weighted by Gasteiger charge is 2.19. The zero-order valence-electron chi connectivity index (χ0n) is 10.2. The van der Waals surface area contributed by atoms with Crippen molar-refractivity contribution >= 4 is 17.4 Å². The summed E-state index contributed by atoms with van der Waals surface area (Å²) in [6.45, 7) is 1.62. The Morgan fingerprint density at radius 1 is 1.12 bits per heavy atom. The first-order valence-corrected chi connectivity index (χ1v) is 5.47. The molecule has 1 unspecified atom stereocenters. The number of carbonyl (C=O) groups excluding carboxylic acids is 1. The van der Waals surface area contributed by atoms with Gasteiger partial charge in [0.1, 0.15) is 0 Å². The van der Waals surface area contributed by atoms with Crippen LogP contribution in [0.4, 0.5) is 0 Å². The number of ether oxygens (including phenoxy) is 3. The molecule has 17 heavy (non-hydrogen) atoms. The number of hydrogen-bond donors (Lipinski definition) is 0. The highest BCUT2D eigenvalue weighted by atomic mass is 35.5. The van der Waals surface area contributed by atoms with Gasteiger partial charge < -0.3 is 14.2 Å². The number of halogens is 1. The Kier molecular flexibility index (Phi) is 4.63. The monoisotopic (exact) mass is 258 g/mol. The Morgan fingerprint density at radius 3 is 1.88 bits per heavy atom. The Morgan fingerprint density at radius 2 is 1.59 bits per heavy atom. The predicted octanol–water partition coefficient (Wildman–Crippen LogP) is 2.52. The van der Waals surface area contributed by atoms with Gasteiger partial charge in [0.05, 0.1) is 26.7 Å². The summed E-state index contributed by atoms with van der Waals surface area (Å²) in [5.41, 5.74) is 0.432. The van der Waals surface area contributed by atoms with Crippen molar-refractivity contribution in [1.82, 2.24) is 0 Å². The van der Waals surface area contributed by atoms with Crippen molar-refractivity contribution in [2.24, 2.45) is 0 Å². The molecule has 1 aromatic carbocycles. The van der Waals surface area contributed by atoms with E-state index in [0.29, 0.717) is 22.8 Å². The highest BCUT2D eigenvalue weighted by molar-refractivity contribution is 6.33. The molecule has 0 saturated carbocycles. The quantitative estimate of drug-likeness (QED) is 0.601. The Labute approximate surface area is 105 Å². The summed E-state index contributed by atoms with van der Waals surface area (Å²) in [4.78, 5) is 11.8. The van der Waals surface area contributed by atoms with Crippen molar-refractivity contribution in [3.8, 4) is 17.2 Å². The maximum Gasteiger partial charge on any atom is 0.203 e. The lowest BCUT2D eigenvalue weighted by Gasteiger charge is -2.14. The van der Waals surface area contributed by atoms with Crippen LogP contribution in [0.25, 0.3) is 0 Å². The third kappa shape index (κ3) is 2.82. The lowest BCUT2D eigenvalue weighted by atomic mass is 10.1. The van der Waals surface area contributed by atoms with E-state index in [1.54, 1.807) is 19.1 Å². The maximum atomic E-state index is 11.8. The SMILES string of the molecule is COc1cc(C(=O)C(C)Cl)cc(OC)c1OC. The van der Waals surface area contributed by atoms with Crippen LogP contribution in [0.3, 0.4) is 0 Å². The van der Waals surface area contributed by atoms with E-state index in [2.05, 4.69) is 0 Å². The number of benzene rings is 1. The van der Waals surface area contributed by atoms with Gasteiger partial charge in [0, 0.05) is 5.56 Å². The minimum absolute atomic E-state index is 0.189. The van der Waals surface area contributed by atoms with Gasteiger partial charge in [0.25, 0.3) is 0 Å². The second kappa shape index (κ2) is 5.77. The average molecular weight is 259 g/mol. The fourth-order valence-electron chi connectivity index (χ4n) is 1.45. The van der Waals surface area contributed by atoms with E-state index in [9.17, 15) is 4.79 Å². The number of carbonyl (C=O) groups is 1. The van der Waals surface area contributed by atoms with Crippen LogP contribution in [-0.4, -0.2) is 32.5 Å². The fraction of sp³-hybridized carbons (Fsp3) is 0.417. The first kappa shape index (κ1) is 13.6. The number of ketones is 1. The van der Waals surface area contributed by atoms with Gasteiger partial charge >= 0.3 is 0 Å². The van der Waals surface area contributed by atoms with Crippen molar-refractivity contribution < 1.29 is 19.0 Å². The zero-order chi connectivity index (χ0) is 13.0. The Balaban J connectivity index is 3.32. The normalized spacial score (nSPS) is 11.8. The molecule has 1 aromatic rings. The second-order valence-electron chi connectivity index (χ2n) is 3.39. The first-order chi connectivity index (χ1) is 8.04. The lowest BCUT2D eigenvalue weighted by molar-refractivity contribution is 0.0991. The third-order valence-corrected chi connectivity index (χ3v) is 2.51. The third-order valence-electron chi connectivity index (χ3n) is 2.31. The van der Waals surface area contributed by atoms with E-state index in [1.165, 1.54) is 21.3 Å². The molecule has 0 fully saturated rings. The van der Waals surface area contributed by atoms with Gasteiger partial charge in [-0.1, -0.05) is 0 Å². The summed E-state index contributed by atoms with van der Waals surface area (Å²) >= 11 is 5.77. The average Bonchev–Trinajstić information content (AvgIpc) is 2.35. The van der Waals surface area contributed by atoms with Crippen LogP contribution in [0.2, 0.25) is 0 Å². The van der Waals surface area contributed by atoms with E-state index in [1.807, 2.05) is 0 Å². The fourth-order valence-corrected chi connectivity index (χ4v) is 1.58. The first-order valence-electron chi connectivity index (χ1n) is 5.03. The summed E-state index contributed by atoms with van der Waals surface area (Å²) in [5, 5.41) is -0.599. The maximum absolute atomic E-state index is 11.8. The predicted molar refractivity (Wildman–Crippen MR) is 65.7 cm³/mol. The summed E-state index contributed by atoms with van der Waals surface area (Å²) in [6, 6.07) is 3.17. The number of methoxy groups -OCH3 is 3. The Hall–Kier alpha value is -1.42. The van der Waals surface area contributed by atoms with E-state index < -0.39 is 5.38 Å². The van der Waals surface area contributed by atoms with Crippen molar-refractivity contribution in [3.63, 3.8) is 0 Å². The molecule has 0 spiro atoms. The number of rotatable bonds is 5. The molecule has 0 saturated heterocycles. The van der Waals surface area contributed by atoms with Crippen molar-refractivity contribution in [2.45, 2.75) is 12.3 Å². The molecule has 1 atom stereocenters. The molecule has 0 amide bonds. The number of Topliss-reactive ketones (excluding diaryl/α,β-unsaturated/α-hetero) is 1. The molecule has 1 rings (SSSR count). The van der Waals surface area contributed by atoms with Crippen molar-refractivity contribution in [2.75, 3.05) is 21.3 Å². The molecule has 4 nitrogen and oxygen atoms in total. The summed E-state index contributed by atoms with van der Waals surface area (Å²) in [7, 11) is 4.50. The minimum atomic E-state index is -0.599. The summed E-state index contributed by atoms with van der Waals surface area (Å²) in [5.74, 6) is 1.14. The van der Waals surface area contributed by atoms with Crippen LogP contribution in [0.1, 0.15) is 17.3 Å². The van der Waals surface area contributed by atoms with Crippen LogP contribution in [0.5, 0.6) is 17.2 Å². The Bertz CT molecular complexity index is 390. The molecule has 94 valence electrons. The molecule has 0 radical (unpaired) electrons. The van der Waals surface area contributed by atoms with Crippen LogP contribution in [0.15, 0.2) is 12.1 Å². The van der Waals surface area contributed by atoms with E-state index in [0.717, 1.165) is 0 Å². The van der Waals surface area contributed by atoms with Gasteiger partial charge in [-0.25, -0.2) is 0 Å². The smallest absolute Gasteiger partial charge is 0.203 e. The molecular formula is C12H15ClO4. The van der Waals surface area contributed by atoms with Gasteiger partial charge in [-0.2, -0.15) is 0 Å².